The van der Waals surface area contributed by atoms with Crippen LogP contribution in [-0.4, -0.2) is 11.6 Å². The van der Waals surface area contributed by atoms with Gasteiger partial charge in [0.25, 0.3) is 0 Å². The topological polar surface area (TPSA) is 48.1 Å². The summed E-state index contributed by atoms with van der Waals surface area (Å²) in [6.45, 7) is 2.05. The van der Waals surface area contributed by atoms with E-state index in [-0.39, 0.29) is 0 Å². The first kappa shape index (κ1) is 11.0. The van der Waals surface area contributed by atoms with Crippen molar-refractivity contribution in [3.8, 4) is 0 Å². The van der Waals surface area contributed by atoms with E-state index in [4.69, 9.17) is 10.5 Å². The van der Waals surface area contributed by atoms with Gasteiger partial charge in [0, 0.05) is 18.5 Å². The Balaban J connectivity index is 1.60. The van der Waals surface area contributed by atoms with Crippen LogP contribution >= 0.6 is 11.3 Å². The van der Waals surface area contributed by atoms with Crippen LogP contribution in [0.3, 0.4) is 0 Å². The summed E-state index contributed by atoms with van der Waals surface area (Å²) >= 11 is 1.61. The molecule has 0 amide bonds. The number of thiazole rings is 1. The standard InChI is InChI=1S/C11H18N2OS/c12-6-11-13-10(8-15-11)7-14-5-4-9-2-1-3-9/h8-9H,1-7,12H2. The molecule has 0 spiro atoms. The maximum atomic E-state index is 5.59. The minimum atomic E-state index is 0.534. The summed E-state index contributed by atoms with van der Waals surface area (Å²) < 4.78 is 5.59. The highest BCUT2D eigenvalue weighted by atomic mass is 32.1. The highest BCUT2D eigenvalue weighted by molar-refractivity contribution is 7.09. The van der Waals surface area contributed by atoms with E-state index in [2.05, 4.69) is 4.98 Å². The third-order valence-electron chi connectivity index (χ3n) is 2.92. The van der Waals surface area contributed by atoms with Crippen LogP contribution in [0.5, 0.6) is 0 Å². The van der Waals surface area contributed by atoms with Crippen molar-refractivity contribution in [2.75, 3.05) is 6.61 Å². The molecule has 0 aromatic carbocycles. The van der Waals surface area contributed by atoms with Gasteiger partial charge >= 0.3 is 0 Å². The predicted molar refractivity (Wildman–Crippen MR) is 61.6 cm³/mol. The zero-order chi connectivity index (χ0) is 10.5. The number of hydrogen-bond acceptors (Lipinski definition) is 4. The molecule has 15 heavy (non-hydrogen) atoms. The SMILES string of the molecule is NCc1nc(COCCC2CCC2)cs1. The molecule has 1 aliphatic rings. The molecular formula is C11H18N2OS. The maximum Gasteiger partial charge on any atom is 0.107 e. The smallest absolute Gasteiger partial charge is 0.107 e. The van der Waals surface area contributed by atoms with Gasteiger partial charge in [0.1, 0.15) is 5.01 Å². The predicted octanol–water partition coefficient (Wildman–Crippen LogP) is 2.31. The van der Waals surface area contributed by atoms with Crippen LogP contribution in [0.4, 0.5) is 0 Å². The first-order valence-corrected chi connectivity index (χ1v) is 6.47. The largest absolute Gasteiger partial charge is 0.375 e. The van der Waals surface area contributed by atoms with E-state index in [0.717, 1.165) is 23.2 Å². The molecular weight excluding hydrogens is 208 g/mol. The molecule has 84 valence electrons. The Hall–Kier alpha value is -0.450. The average Bonchev–Trinajstić information content (AvgIpc) is 2.62. The number of rotatable bonds is 6. The lowest BCUT2D eigenvalue weighted by Crippen LogP contribution is -2.13. The Morgan fingerprint density at radius 3 is 3.00 bits per heavy atom. The maximum absolute atomic E-state index is 5.59. The van der Waals surface area contributed by atoms with Gasteiger partial charge in [0.05, 0.1) is 12.3 Å². The van der Waals surface area contributed by atoms with E-state index < -0.39 is 0 Å². The van der Waals surface area contributed by atoms with Crippen LogP contribution in [0.2, 0.25) is 0 Å². The number of nitrogens with two attached hydrogens (primary N) is 1. The van der Waals surface area contributed by atoms with Crippen LogP contribution in [0.25, 0.3) is 0 Å². The van der Waals surface area contributed by atoms with Gasteiger partial charge in [-0.15, -0.1) is 11.3 Å². The Morgan fingerprint density at radius 1 is 1.53 bits per heavy atom. The second-order valence-corrected chi connectivity index (χ2v) is 5.02. The highest BCUT2D eigenvalue weighted by Crippen LogP contribution is 2.29. The summed E-state index contributed by atoms with van der Waals surface area (Å²) in [4.78, 5) is 4.35. The molecule has 0 radical (unpaired) electrons. The number of nitrogens with zero attached hydrogens (tertiary/aromatic N) is 1. The normalized spacial score (nSPS) is 16.6. The van der Waals surface area contributed by atoms with Gasteiger partial charge in [-0.1, -0.05) is 19.3 Å². The van der Waals surface area contributed by atoms with Crippen LogP contribution < -0.4 is 5.73 Å². The molecule has 0 bridgehead atoms. The molecule has 1 fully saturated rings. The third-order valence-corrected chi connectivity index (χ3v) is 3.84. The zero-order valence-electron chi connectivity index (χ0n) is 8.95. The molecule has 1 aliphatic carbocycles. The van der Waals surface area contributed by atoms with Crippen molar-refractivity contribution in [2.24, 2.45) is 11.7 Å². The molecule has 1 saturated carbocycles. The minimum Gasteiger partial charge on any atom is -0.375 e. The van der Waals surface area contributed by atoms with E-state index in [0.29, 0.717) is 13.2 Å². The summed E-state index contributed by atoms with van der Waals surface area (Å²) in [5.74, 6) is 0.931. The van der Waals surface area contributed by atoms with Crippen molar-refractivity contribution in [3.05, 3.63) is 16.1 Å². The van der Waals surface area contributed by atoms with Crippen molar-refractivity contribution in [1.82, 2.24) is 4.98 Å². The molecule has 2 rings (SSSR count). The van der Waals surface area contributed by atoms with Crippen molar-refractivity contribution >= 4 is 11.3 Å². The highest BCUT2D eigenvalue weighted by Gasteiger charge is 2.16. The number of hydrogen-bond donors (Lipinski definition) is 1. The summed E-state index contributed by atoms with van der Waals surface area (Å²) in [7, 11) is 0. The monoisotopic (exact) mass is 226 g/mol. The number of ether oxygens (including phenoxy) is 1. The second kappa shape index (κ2) is 5.58. The number of aromatic nitrogens is 1. The lowest BCUT2D eigenvalue weighted by Gasteiger charge is -2.24. The van der Waals surface area contributed by atoms with Gasteiger partial charge in [-0.25, -0.2) is 4.98 Å². The van der Waals surface area contributed by atoms with Gasteiger partial charge in [-0.2, -0.15) is 0 Å². The molecule has 2 N–H and O–H groups in total. The summed E-state index contributed by atoms with van der Waals surface area (Å²) in [6.07, 6.45) is 5.43. The fraction of sp³-hybridized carbons (Fsp3) is 0.727. The van der Waals surface area contributed by atoms with E-state index in [9.17, 15) is 0 Å². The minimum absolute atomic E-state index is 0.534. The Kier molecular flexibility index (Phi) is 4.11. The molecule has 0 atom stereocenters. The Labute approximate surface area is 94.7 Å². The second-order valence-electron chi connectivity index (χ2n) is 4.07. The van der Waals surface area contributed by atoms with Crippen molar-refractivity contribution in [1.29, 1.82) is 0 Å². The van der Waals surface area contributed by atoms with Crippen LogP contribution in [0.15, 0.2) is 5.38 Å². The lowest BCUT2D eigenvalue weighted by molar-refractivity contribution is 0.0932. The van der Waals surface area contributed by atoms with E-state index >= 15 is 0 Å². The van der Waals surface area contributed by atoms with Gasteiger partial charge in [0.15, 0.2) is 0 Å². The van der Waals surface area contributed by atoms with Crippen LogP contribution in [0.1, 0.15) is 36.4 Å². The van der Waals surface area contributed by atoms with Gasteiger partial charge in [0.2, 0.25) is 0 Å². The summed E-state index contributed by atoms with van der Waals surface area (Å²) in [5, 5.41) is 3.03. The van der Waals surface area contributed by atoms with Crippen molar-refractivity contribution in [2.45, 2.75) is 38.8 Å². The van der Waals surface area contributed by atoms with Gasteiger partial charge < -0.3 is 10.5 Å². The van der Waals surface area contributed by atoms with E-state index in [1.165, 1.54) is 25.7 Å². The summed E-state index contributed by atoms with van der Waals surface area (Å²) in [6, 6.07) is 0. The fourth-order valence-electron chi connectivity index (χ4n) is 1.72. The average molecular weight is 226 g/mol. The Morgan fingerprint density at radius 2 is 2.40 bits per heavy atom. The fourth-order valence-corrected chi connectivity index (χ4v) is 2.38. The van der Waals surface area contributed by atoms with E-state index in [1.807, 2.05) is 5.38 Å². The molecule has 0 saturated heterocycles. The first-order valence-electron chi connectivity index (χ1n) is 5.59. The third kappa shape index (κ3) is 3.26. The molecule has 4 heteroatoms. The lowest BCUT2D eigenvalue weighted by atomic mass is 9.83. The zero-order valence-corrected chi connectivity index (χ0v) is 9.76. The first-order chi connectivity index (χ1) is 7.38. The molecule has 1 heterocycles. The summed E-state index contributed by atoms with van der Waals surface area (Å²) in [5.41, 5.74) is 6.51. The van der Waals surface area contributed by atoms with E-state index in [1.54, 1.807) is 11.3 Å². The Bertz CT molecular complexity index is 297. The van der Waals surface area contributed by atoms with Crippen LogP contribution in [0, 0.1) is 5.92 Å². The molecule has 0 aliphatic heterocycles. The molecule has 1 aromatic rings. The van der Waals surface area contributed by atoms with Gasteiger partial charge in [-0.3, -0.25) is 0 Å². The molecule has 1 aromatic heterocycles. The van der Waals surface area contributed by atoms with Gasteiger partial charge in [-0.05, 0) is 12.3 Å². The molecule has 3 nitrogen and oxygen atoms in total. The molecule has 0 unspecified atom stereocenters. The quantitative estimate of drug-likeness (QED) is 0.757. The van der Waals surface area contributed by atoms with Crippen molar-refractivity contribution < 1.29 is 4.74 Å². The van der Waals surface area contributed by atoms with Crippen LogP contribution in [-0.2, 0) is 17.9 Å². The van der Waals surface area contributed by atoms with Crippen molar-refractivity contribution in [3.63, 3.8) is 0 Å².